The number of carbonyl (C=O) groups excluding carboxylic acids is 4. The van der Waals surface area contributed by atoms with Gasteiger partial charge in [0.25, 0.3) is 6.47 Å². The number of terminal acetylenes is 1. The highest BCUT2D eigenvalue weighted by molar-refractivity contribution is 7.22. The Kier molecular flexibility index (Phi) is 15.4. The number of benzene rings is 3. The van der Waals surface area contributed by atoms with E-state index >= 15 is 0 Å². The maximum absolute atomic E-state index is 13.4. The summed E-state index contributed by atoms with van der Waals surface area (Å²) in [5.74, 6) is 2.28. The maximum atomic E-state index is 13.4. The number of hydrogen-bond acceptors (Lipinski definition) is 13. The van der Waals surface area contributed by atoms with Crippen LogP contribution in [0.25, 0.3) is 10.2 Å². The van der Waals surface area contributed by atoms with Gasteiger partial charge in [-0.15, -0.1) is 12.3 Å². The number of ether oxygens (including phenoxy) is 5. The van der Waals surface area contributed by atoms with Crippen LogP contribution in [0.15, 0.2) is 84.5 Å². The van der Waals surface area contributed by atoms with Gasteiger partial charge >= 0.3 is 17.9 Å². The van der Waals surface area contributed by atoms with Crippen molar-refractivity contribution in [2.45, 2.75) is 57.8 Å². The molecule has 1 saturated carbocycles. The van der Waals surface area contributed by atoms with Gasteiger partial charge in [0.1, 0.15) is 23.0 Å². The number of para-hydroxylation sites is 1. The van der Waals surface area contributed by atoms with Crippen LogP contribution in [0.2, 0.25) is 0 Å². The van der Waals surface area contributed by atoms with Crippen LogP contribution in [0.3, 0.4) is 0 Å². The molecule has 1 aliphatic carbocycles. The molecule has 0 N–H and O–H groups in total. The minimum absolute atomic E-state index is 0.242. The molecular formula is C42H43N3O9S. The number of nitrogens with zero attached hydrogens (tertiary/aromatic N) is 3. The first-order chi connectivity index (χ1) is 26.9. The molecule has 1 aromatic heterocycles. The SMILES string of the molecule is C#CCCN(/N=C/c1cc(OC=O)ccc1OC(=O)C1CCC(C(=O)Oc2ccc(OCCCCCCOC(=O)C=C)cc2)CC1)c1nc2ccccc2s1. The zero-order valence-corrected chi connectivity index (χ0v) is 31.2. The van der Waals surface area contributed by atoms with Crippen LogP contribution in [0, 0.1) is 24.2 Å². The van der Waals surface area contributed by atoms with Crippen molar-refractivity contribution in [3.05, 3.63) is 84.9 Å². The molecule has 0 aliphatic heterocycles. The van der Waals surface area contributed by atoms with Gasteiger partial charge in [-0.25, -0.2) is 14.8 Å². The summed E-state index contributed by atoms with van der Waals surface area (Å²) in [4.78, 5) is 53.2. The summed E-state index contributed by atoms with van der Waals surface area (Å²) in [6.45, 7) is 5.02. The zero-order chi connectivity index (χ0) is 38.8. The third-order valence-electron chi connectivity index (χ3n) is 8.84. The summed E-state index contributed by atoms with van der Waals surface area (Å²) in [6, 6.07) is 19.3. The largest absolute Gasteiger partial charge is 0.494 e. The van der Waals surface area contributed by atoms with Crippen LogP contribution >= 0.6 is 11.3 Å². The van der Waals surface area contributed by atoms with Gasteiger partial charge in [-0.3, -0.25) is 14.4 Å². The number of thiazole rings is 1. The Bertz CT molecular complexity index is 1960. The second kappa shape index (κ2) is 21.0. The molecule has 0 saturated heterocycles. The number of rotatable bonds is 20. The van der Waals surface area contributed by atoms with Crippen LogP contribution in [0.1, 0.15) is 63.4 Å². The Morgan fingerprint density at radius 1 is 0.891 bits per heavy atom. The predicted molar refractivity (Wildman–Crippen MR) is 209 cm³/mol. The van der Waals surface area contributed by atoms with Gasteiger partial charge in [-0.05, 0) is 106 Å². The van der Waals surface area contributed by atoms with Crippen molar-refractivity contribution >= 4 is 57.3 Å². The summed E-state index contributed by atoms with van der Waals surface area (Å²) in [5.41, 5.74) is 1.25. The molecule has 12 nitrogen and oxygen atoms in total. The molecule has 0 amide bonds. The Hall–Kier alpha value is -6.00. The smallest absolute Gasteiger partial charge is 0.330 e. The zero-order valence-electron chi connectivity index (χ0n) is 30.4. The quantitative estimate of drug-likeness (QED) is 0.0128. The normalized spacial score (nSPS) is 15.1. The number of hydrazone groups is 1. The topological polar surface area (TPSA) is 143 Å². The molecule has 5 rings (SSSR count). The molecule has 1 aliphatic rings. The number of hydrogen-bond donors (Lipinski definition) is 0. The minimum Gasteiger partial charge on any atom is -0.494 e. The lowest BCUT2D eigenvalue weighted by molar-refractivity contribution is -0.145. The van der Waals surface area contributed by atoms with Crippen molar-refractivity contribution in [2.24, 2.45) is 16.9 Å². The van der Waals surface area contributed by atoms with Gasteiger partial charge in [-0.2, -0.15) is 5.10 Å². The van der Waals surface area contributed by atoms with E-state index in [1.54, 1.807) is 41.4 Å². The molecule has 1 heterocycles. The summed E-state index contributed by atoms with van der Waals surface area (Å²) < 4.78 is 28.3. The number of carbonyl (C=O) groups is 4. The highest BCUT2D eigenvalue weighted by Gasteiger charge is 2.32. The average molecular weight is 766 g/mol. The van der Waals surface area contributed by atoms with E-state index < -0.39 is 17.9 Å². The van der Waals surface area contributed by atoms with Gasteiger partial charge in [0.05, 0.1) is 48.0 Å². The highest BCUT2D eigenvalue weighted by Crippen LogP contribution is 2.33. The molecular weight excluding hydrogens is 723 g/mol. The minimum atomic E-state index is -0.425. The molecule has 0 radical (unpaired) electrons. The van der Waals surface area contributed by atoms with E-state index in [0.717, 1.165) is 42.0 Å². The van der Waals surface area contributed by atoms with Gasteiger partial charge in [0, 0.05) is 18.1 Å². The van der Waals surface area contributed by atoms with Crippen molar-refractivity contribution in [1.29, 1.82) is 0 Å². The fourth-order valence-electron chi connectivity index (χ4n) is 5.86. The van der Waals surface area contributed by atoms with Crippen molar-refractivity contribution in [3.8, 4) is 35.3 Å². The maximum Gasteiger partial charge on any atom is 0.330 e. The fraction of sp³-hybridized carbons (Fsp3) is 0.333. The van der Waals surface area contributed by atoms with Crippen molar-refractivity contribution in [3.63, 3.8) is 0 Å². The van der Waals surface area contributed by atoms with Crippen LogP contribution in [0.4, 0.5) is 5.13 Å². The lowest BCUT2D eigenvalue weighted by Crippen LogP contribution is -2.30. The number of fused-ring (bicyclic) bond motifs is 1. The highest BCUT2D eigenvalue weighted by atomic mass is 32.1. The number of esters is 3. The van der Waals surface area contributed by atoms with Crippen molar-refractivity contribution in [1.82, 2.24) is 4.98 Å². The third kappa shape index (κ3) is 12.3. The number of anilines is 1. The first kappa shape index (κ1) is 40.2. The lowest BCUT2D eigenvalue weighted by Gasteiger charge is -2.26. The van der Waals surface area contributed by atoms with Crippen molar-refractivity contribution in [2.75, 3.05) is 24.8 Å². The Labute approximate surface area is 324 Å². The van der Waals surface area contributed by atoms with Gasteiger partial charge in [0.15, 0.2) is 0 Å². The average Bonchev–Trinajstić information content (AvgIpc) is 3.64. The van der Waals surface area contributed by atoms with E-state index in [9.17, 15) is 19.2 Å². The number of unbranched alkanes of at least 4 members (excludes halogenated alkanes) is 3. The van der Waals surface area contributed by atoms with Gasteiger partial charge in [-0.1, -0.05) is 30.0 Å². The molecule has 0 atom stereocenters. The second-order valence-electron chi connectivity index (χ2n) is 12.7. The predicted octanol–water partition coefficient (Wildman–Crippen LogP) is 7.68. The van der Waals surface area contributed by atoms with E-state index in [-0.39, 0.29) is 23.4 Å². The fourth-order valence-corrected chi connectivity index (χ4v) is 6.81. The summed E-state index contributed by atoms with van der Waals surface area (Å²) in [7, 11) is 0. The van der Waals surface area contributed by atoms with Crippen LogP contribution in [-0.4, -0.2) is 55.3 Å². The van der Waals surface area contributed by atoms with E-state index in [0.29, 0.717) is 80.5 Å². The Morgan fingerprint density at radius 2 is 1.56 bits per heavy atom. The van der Waals surface area contributed by atoms with Crippen LogP contribution in [-0.2, 0) is 23.9 Å². The molecule has 13 heteroatoms. The van der Waals surface area contributed by atoms with Crippen LogP contribution in [0.5, 0.6) is 23.0 Å². The van der Waals surface area contributed by atoms with Crippen LogP contribution < -0.4 is 24.0 Å². The van der Waals surface area contributed by atoms with E-state index in [2.05, 4.69) is 22.6 Å². The molecule has 3 aromatic carbocycles. The molecule has 1 fully saturated rings. The first-order valence-corrected chi connectivity index (χ1v) is 19.0. The number of aromatic nitrogens is 1. The van der Waals surface area contributed by atoms with Crippen molar-refractivity contribution < 1.29 is 42.9 Å². The molecule has 0 spiro atoms. The molecule has 0 bridgehead atoms. The second-order valence-corrected chi connectivity index (χ2v) is 13.7. The van der Waals surface area contributed by atoms with E-state index in [4.69, 9.17) is 30.1 Å². The first-order valence-electron chi connectivity index (χ1n) is 18.2. The lowest BCUT2D eigenvalue weighted by atomic mass is 9.82. The molecule has 4 aromatic rings. The monoisotopic (exact) mass is 765 g/mol. The van der Waals surface area contributed by atoms with Gasteiger partial charge < -0.3 is 23.7 Å². The molecule has 0 unspecified atom stereocenters. The summed E-state index contributed by atoms with van der Waals surface area (Å²) >= 11 is 1.47. The van der Waals surface area contributed by atoms with E-state index in [1.165, 1.54) is 23.6 Å². The Balaban J connectivity index is 1.10. The van der Waals surface area contributed by atoms with E-state index in [1.807, 2.05) is 24.3 Å². The standard InChI is InChI=1S/C42H43N3O9S/c1-3-5-24-45(42-44-36-12-8-9-13-38(36)55-42)43-28-32-27-35(52-29-46)22-23-37(32)54-41(49)31-16-14-30(15-17-31)40(48)53-34-20-18-33(19-21-34)50-25-10-6-7-11-26-51-39(47)4-2/h1,4,8-9,12-13,18-23,27-31H,2,5-7,10-11,14-17,24-26H2/b43-28+. The summed E-state index contributed by atoms with van der Waals surface area (Å²) in [5, 5.41) is 6.97. The third-order valence-corrected chi connectivity index (χ3v) is 9.89. The Morgan fingerprint density at radius 3 is 2.25 bits per heavy atom. The van der Waals surface area contributed by atoms with Gasteiger partial charge in [0.2, 0.25) is 5.13 Å². The molecule has 286 valence electrons. The molecule has 55 heavy (non-hydrogen) atoms. The summed E-state index contributed by atoms with van der Waals surface area (Å²) in [6.07, 6.45) is 14.0.